The monoisotopic (exact) mass is 280 g/mol. The highest BCUT2D eigenvalue weighted by Crippen LogP contribution is 2.15. The minimum absolute atomic E-state index is 0. The van der Waals surface area contributed by atoms with Gasteiger partial charge in [0.2, 0.25) is 17.8 Å². The van der Waals surface area contributed by atoms with Crippen molar-refractivity contribution in [3.63, 3.8) is 0 Å². The second kappa shape index (κ2) is 5.96. The Kier molecular flexibility index (Phi) is 4.60. The number of nitrogen functional groups attached to an aromatic ring is 2. The van der Waals surface area contributed by atoms with Crippen LogP contribution in [-0.2, 0) is 0 Å². The molecule has 0 spiro atoms. The van der Waals surface area contributed by atoms with Crippen molar-refractivity contribution < 1.29 is 4.79 Å². The molecule has 5 N–H and O–H groups in total. The second-order valence-corrected chi connectivity index (χ2v) is 3.63. The van der Waals surface area contributed by atoms with Crippen LogP contribution >= 0.6 is 12.4 Å². The molecule has 0 unspecified atom stereocenters. The fourth-order valence-corrected chi connectivity index (χ4v) is 1.38. The highest BCUT2D eigenvalue weighted by molar-refractivity contribution is 5.94. The summed E-state index contributed by atoms with van der Waals surface area (Å²) in [5, 5.41) is 2.92. The van der Waals surface area contributed by atoms with Gasteiger partial charge in [0.15, 0.2) is 5.78 Å². The lowest BCUT2D eigenvalue weighted by Crippen LogP contribution is -2.06. The van der Waals surface area contributed by atoms with E-state index < -0.39 is 0 Å². The topological polar surface area (TPSA) is 120 Å². The van der Waals surface area contributed by atoms with Gasteiger partial charge in [-0.15, -0.1) is 12.4 Å². The summed E-state index contributed by atoms with van der Waals surface area (Å²) < 4.78 is 0. The van der Waals surface area contributed by atoms with E-state index in [2.05, 4.69) is 20.3 Å². The largest absolute Gasteiger partial charge is 0.368 e. The number of benzene rings is 1. The number of carbonyl (C=O) groups excluding carboxylic acids is 1. The van der Waals surface area contributed by atoms with E-state index in [0.717, 1.165) is 5.69 Å². The first-order valence-corrected chi connectivity index (χ1v) is 5.19. The molecule has 1 aromatic heterocycles. The summed E-state index contributed by atoms with van der Waals surface area (Å²) in [6, 6.07) is 6.90. The number of ketones is 1. The van der Waals surface area contributed by atoms with Gasteiger partial charge in [0.1, 0.15) is 0 Å². The summed E-state index contributed by atoms with van der Waals surface area (Å²) in [5.74, 6) is 0.362. The van der Waals surface area contributed by atoms with Gasteiger partial charge in [0.05, 0.1) is 0 Å². The molecule has 0 saturated carbocycles. The Morgan fingerprint density at radius 2 is 1.58 bits per heavy atom. The number of rotatable bonds is 3. The van der Waals surface area contributed by atoms with Crippen LogP contribution in [0.25, 0.3) is 0 Å². The van der Waals surface area contributed by atoms with Gasteiger partial charge < -0.3 is 16.8 Å². The van der Waals surface area contributed by atoms with Crippen LogP contribution in [0.15, 0.2) is 24.3 Å². The van der Waals surface area contributed by atoms with Gasteiger partial charge in [-0.25, -0.2) is 0 Å². The number of hydrogen-bond acceptors (Lipinski definition) is 7. The van der Waals surface area contributed by atoms with Gasteiger partial charge in [-0.2, -0.15) is 15.0 Å². The molecule has 0 atom stereocenters. The maximum absolute atomic E-state index is 11.1. The van der Waals surface area contributed by atoms with Crippen molar-refractivity contribution in [2.45, 2.75) is 6.92 Å². The first-order valence-electron chi connectivity index (χ1n) is 5.19. The Morgan fingerprint density at radius 1 is 1.05 bits per heavy atom. The van der Waals surface area contributed by atoms with E-state index in [-0.39, 0.29) is 36.0 Å². The van der Waals surface area contributed by atoms with Crippen molar-refractivity contribution in [2.24, 2.45) is 0 Å². The number of carbonyl (C=O) groups is 1. The third-order valence-electron chi connectivity index (χ3n) is 2.22. The zero-order chi connectivity index (χ0) is 13.1. The van der Waals surface area contributed by atoms with E-state index in [1.807, 2.05) is 0 Å². The Bertz CT molecular complexity index is 566. The molecule has 7 nitrogen and oxygen atoms in total. The molecular formula is C11H13ClN6O. The molecule has 100 valence electrons. The van der Waals surface area contributed by atoms with Crippen molar-refractivity contribution in [2.75, 3.05) is 16.8 Å². The lowest BCUT2D eigenvalue weighted by molar-refractivity contribution is 0.101. The molecule has 0 fully saturated rings. The zero-order valence-corrected chi connectivity index (χ0v) is 10.9. The molecule has 1 aromatic carbocycles. The van der Waals surface area contributed by atoms with Crippen LogP contribution in [0.2, 0.25) is 0 Å². The van der Waals surface area contributed by atoms with Gasteiger partial charge in [-0.1, -0.05) is 0 Å². The molecule has 0 amide bonds. The normalized spacial score (nSPS) is 9.53. The number of aromatic nitrogens is 3. The fourth-order valence-electron chi connectivity index (χ4n) is 1.38. The van der Waals surface area contributed by atoms with Crippen LogP contribution in [0, 0.1) is 0 Å². The molecule has 0 bridgehead atoms. The van der Waals surface area contributed by atoms with Crippen molar-refractivity contribution in [3.05, 3.63) is 29.8 Å². The molecule has 2 aromatic rings. The summed E-state index contributed by atoms with van der Waals surface area (Å²) in [6.07, 6.45) is 0. The number of anilines is 4. The van der Waals surface area contributed by atoms with Crippen LogP contribution < -0.4 is 16.8 Å². The van der Waals surface area contributed by atoms with E-state index in [4.69, 9.17) is 11.5 Å². The quantitative estimate of drug-likeness (QED) is 0.727. The predicted octanol–water partition coefficient (Wildman–Crippen LogP) is 1.40. The summed E-state index contributed by atoms with van der Waals surface area (Å²) in [6.45, 7) is 1.51. The second-order valence-electron chi connectivity index (χ2n) is 3.63. The molecule has 0 radical (unpaired) electrons. The molecule has 8 heteroatoms. The maximum Gasteiger partial charge on any atom is 0.233 e. The van der Waals surface area contributed by atoms with Crippen molar-refractivity contribution in [1.82, 2.24) is 15.0 Å². The number of nitrogens with one attached hydrogen (secondary N) is 1. The van der Waals surface area contributed by atoms with Crippen molar-refractivity contribution in [3.8, 4) is 0 Å². The van der Waals surface area contributed by atoms with Crippen LogP contribution in [-0.4, -0.2) is 20.7 Å². The first-order chi connectivity index (χ1) is 8.54. The average molecular weight is 281 g/mol. The lowest BCUT2D eigenvalue weighted by Gasteiger charge is -2.06. The van der Waals surface area contributed by atoms with Crippen LogP contribution in [0.3, 0.4) is 0 Å². The molecular weight excluding hydrogens is 268 g/mol. The molecule has 0 saturated heterocycles. The SMILES string of the molecule is CC(=O)c1ccc(Nc2nc(N)nc(N)n2)cc1.Cl. The smallest absolute Gasteiger partial charge is 0.233 e. The zero-order valence-electron chi connectivity index (χ0n) is 10.1. The fraction of sp³-hybridized carbons (Fsp3) is 0.0909. The van der Waals surface area contributed by atoms with Crippen LogP contribution in [0.5, 0.6) is 0 Å². The maximum atomic E-state index is 11.1. The third kappa shape index (κ3) is 3.78. The summed E-state index contributed by atoms with van der Waals surface area (Å²) in [4.78, 5) is 22.5. The average Bonchev–Trinajstić information content (AvgIpc) is 2.28. The first kappa shape index (κ1) is 14.7. The highest BCUT2D eigenvalue weighted by atomic mass is 35.5. The molecule has 0 aliphatic rings. The molecule has 2 rings (SSSR count). The van der Waals surface area contributed by atoms with Gasteiger partial charge in [-0.05, 0) is 31.2 Å². The number of halogens is 1. The Morgan fingerprint density at radius 3 is 2.05 bits per heavy atom. The van der Waals surface area contributed by atoms with E-state index in [9.17, 15) is 4.79 Å². The standard InChI is InChI=1S/C11H12N6O.ClH/c1-6(18)7-2-4-8(5-3-7)14-11-16-9(12)15-10(13)17-11;/h2-5H,1H3,(H5,12,13,14,15,16,17);1H. The number of Topliss-reactive ketones (excluding diaryl/α,β-unsaturated/α-hetero) is 1. The van der Waals surface area contributed by atoms with Crippen LogP contribution in [0.1, 0.15) is 17.3 Å². The Labute approximate surface area is 115 Å². The molecule has 0 aliphatic heterocycles. The number of hydrogen-bond donors (Lipinski definition) is 3. The highest BCUT2D eigenvalue weighted by Gasteiger charge is 2.03. The molecule has 1 heterocycles. The van der Waals surface area contributed by atoms with E-state index in [1.165, 1.54) is 6.92 Å². The summed E-state index contributed by atoms with van der Waals surface area (Å²) in [7, 11) is 0. The minimum Gasteiger partial charge on any atom is -0.368 e. The van der Waals surface area contributed by atoms with Crippen molar-refractivity contribution >= 4 is 41.7 Å². The minimum atomic E-state index is 0. The Balaban J connectivity index is 0.00000180. The van der Waals surface area contributed by atoms with E-state index in [0.29, 0.717) is 5.56 Å². The summed E-state index contributed by atoms with van der Waals surface area (Å²) in [5.41, 5.74) is 12.3. The third-order valence-corrected chi connectivity index (χ3v) is 2.22. The molecule has 0 aliphatic carbocycles. The van der Waals surface area contributed by atoms with Gasteiger partial charge in [-0.3, -0.25) is 4.79 Å². The lowest BCUT2D eigenvalue weighted by atomic mass is 10.1. The summed E-state index contributed by atoms with van der Waals surface area (Å²) >= 11 is 0. The van der Waals surface area contributed by atoms with Gasteiger partial charge in [0.25, 0.3) is 0 Å². The van der Waals surface area contributed by atoms with Gasteiger partial charge >= 0.3 is 0 Å². The van der Waals surface area contributed by atoms with Gasteiger partial charge in [0, 0.05) is 11.3 Å². The van der Waals surface area contributed by atoms with E-state index >= 15 is 0 Å². The number of nitrogens with zero attached hydrogens (tertiary/aromatic N) is 3. The Hall–Kier alpha value is -2.41. The predicted molar refractivity (Wildman–Crippen MR) is 75.6 cm³/mol. The number of nitrogens with two attached hydrogens (primary N) is 2. The van der Waals surface area contributed by atoms with Crippen molar-refractivity contribution in [1.29, 1.82) is 0 Å². The van der Waals surface area contributed by atoms with E-state index in [1.54, 1.807) is 24.3 Å². The molecule has 19 heavy (non-hydrogen) atoms. The van der Waals surface area contributed by atoms with Crippen LogP contribution in [0.4, 0.5) is 23.5 Å².